The summed E-state index contributed by atoms with van der Waals surface area (Å²) in [5, 5.41) is 2.76. The molecule has 3 heteroatoms. The van der Waals surface area contributed by atoms with E-state index in [1.807, 2.05) is 30.3 Å². The molecule has 0 aliphatic heterocycles. The van der Waals surface area contributed by atoms with Gasteiger partial charge < -0.3 is 5.32 Å². The fourth-order valence-electron chi connectivity index (χ4n) is 1.29. The fraction of sp³-hybridized carbons (Fsp3) is 0.143. The number of hydrogen-bond donors (Lipinski definition) is 1. The van der Waals surface area contributed by atoms with Gasteiger partial charge in [0.2, 0.25) is 5.91 Å². The lowest BCUT2D eigenvalue weighted by atomic mass is 10.1. The van der Waals surface area contributed by atoms with E-state index in [-0.39, 0.29) is 5.91 Å². The molecule has 17 heavy (non-hydrogen) atoms. The molecule has 1 rings (SSSR count). The van der Waals surface area contributed by atoms with Crippen molar-refractivity contribution in [2.45, 2.75) is 6.42 Å². The molecule has 0 saturated carbocycles. The van der Waals surface area contributed by atoms with Crippen molar-refractivity contribution in [1.29, 1.82) is 0 Å². The minimum atomic E-state index is -0.156. The van der Waals surface area contributed by atoms with E-state index in [1.165, 1.54) is 29.9 Å². The number of benzene rings is 1. The third-order valence-corrected chi connectivity index (χ3v) is 2.10. The molecular weight excluding hydrogens is 214 g/mol. The summed E-state index contributed by atoms with van der Waals surface area (Å²) in [5.41, 5.74) is 1.19. The molecule has 0 aliphatic carbocycles. The zero-order valence-electron chi connectivity index (χ0n) is 9.50. The minimum Gasteiger partial charge on any atom is -0.352 e. The van der Waals surface area contributed by atoms with Gasteiger partial charge in [-0.2, -0.15) is 0 Å². The summed E-state index contributed by atoms with van der Waals surface area (Å²) in [4.78, 5) is 21.2. The third kappa shape index (κ3) is 6.10. The molecule has 1 aromatic carbocycles. The molecule has 1 aromatic rings. The average molecular weight is 229 g/mol. The quantitative estimate of drug-likeness (QED) is 0.458. The summed E-state index contributed by atoms with van der Waals surface area (Å²) in [6.07, 6.45) is 7.25. The van der Waals surface area contributed by atoms with Crippen LogP contribution in [0.15, 0.2) is 54.6 Å². The van der Waals surface area contributed by atoms with E-state index in [1.54, 1.807) is 0 Å². The molecule has 0 atom stereocenters. The maximum atomic E-state index is 11.3. The van der Waals surface area contributed by atoms with E-state index in [0.717, 1.165) is 6.42 Å². The van der Waals surface area contributed by atoms with Crippen LogP contribution in [-0.4, -0.2) is 18.7 Å². The lowest BCUT2D eigenvalue weighted by Crippen LogP contribution is -2.23. The molecule has 0 fully saturated rings. The van der Waals surface area contributed by atoms with Crippen LogP contribution >= 0.6 is 0 Å². The average Bonchev–Trinajstić information content (AvgIpc) is 2.36. The number of nitrogens with one attached hydrogen (secondary N) is 1. The number of aldehydes is 1. The predicted molar refractivity (Wildman–Crippen MR) is 67.5 cm³/mol. The van der Waals surface area contributed by atoms with Crippen LogP contribution < -0.4 is 5.32 Å². The molecule has 0 aromatic heterocycles. The Hall–Kier alpha value is -2.16. The molecule has 88 valence electrons. The normalized spacial score (nSPS) is 10.8. The molecule has 0 aliphatic rings. The fourth-order valence-corrected chi connectivity index (χ4v) is 1.29. The maximum absolute atomic E-state index is 11.3. The van der Waals surface area contributed by atoms with Gasteiger partial charge in [0.25, 0.3) is 0 Å². The van der Waals surface area contributed by atoms with E-state index >= 15 is 0 Å². The number of amides is 1. The zero-order chi connectivity index (χ0) is 12.3. The summed E-state index contributed by atoms with van der Waals surface area (Å²) >= 11 is 0. The lowest BCUT2D eigenvalue weighted by molar-refractivity contribution is -0.116. The van der Waals surface area contributed by atoms with E-state index < -0.39 is 0 Å². The van der Waals surface area contributed by atoms with Gasteiger partial charge >= 0.3 is 0 Å². The summed E-state index contributed by atoms with van der Waals surface area (Å²) in [6, 6.07) is 9.95. The van der Waals surface area contributed by atoms with Gasteiger partial charge in [0.15, 0.2) is 0 Å². The molecule has 0 heterocycles. The van der Waals surface area contributed by atoms with Crippen molar-refractivity contribution in [3.8, 4) is 0 Å². The van der Waals surface area contributed by atoms with Gasteiger partial charge in [-0.15, -0.1) is 0 Å². The van der Waals surface area contributed by atoms with Gasteiger partial charge in [-0.05, 0) is 18.1 Å². The Morgan fingerprint density at radius 1 is 1.12 bits per heavy atom. The molecule has 3 nitrogen and oxygen atoms in total. The number of hydrogen-bond acceptors (Lipinski definition) is 2. The van der Waals surface area contributed by atoms with Crippen molar-refractivity contribution >= 4 is 12.2 Å². The molecule has 1 amide bonds. The molecule has 0 unspecified atom stereocenters. The summed E-state index contributed by atoms with van der Waals surface area (Å²) < 4.78 is 0. The van der Waals surface area contributed by atoms with E-state index in [9.17, 15) is 9.59 Å². The van der Waals surface area contributed by atoms with Crippen LogP contribution in [0.5, 0.6) is 0 Å². The first-order valence-corrected chi connectivity index (χ1v) is 5.43. The Morgan fingerprint density at radius 2 is 1.88 bits per heavy atom. The minimum absolute atomic E-state index is 0.156. The van der Waals surface area contributed by atoms with Crippen molar-refractivity contribution in [3.63, 3.8) is 0 Å². The van der Waals surface area contributed by atoms with E-state index in [2.05, 4.69) is 5.32 Å². The largest absolute Gasteiger partial charge is 0.352 e. The molecule has 1 N–H and O–H groups in total. The highest BCUT2D eigenvalue weighted by Crippen LogP contribution is 1.97. The van der Waals surface area contributed by atoms with Crippen LogP contribution in [0.1, 0.15) is 5.56 Å². The van der Waals surface area contributed by atoms with Gasteiger partial charge in [-0.3, -0.25) is 9.59 Å². The molecule has 0 bridgehead atoms. The van der Waals surface area contributed by atoms with Gasteiger partial charge in [0.1, 0.15) is 6.29 Å². The smallest absolute Gasteiger partial charge is 0.243 e. The molecule has 0 radical (unpaired) electrons. The van der Waals surface area contributed by atoms with Crippen molar-refractivity contribution in [1.82, 2.24) is 5.32 Å². The Labute approximate surface area is 101 Å². The van der Waals surface area contributed by atoms with Gasteiger partial charge in [-0.25, -0.2) is 0 Å². The zero-order valence-corrected chi connectivity index (χ0v) is 9.50. The summed E-state index contributed by atoms with van der Waals surface area (Å²) in [5.74, 6) is -0.156. The molecule has 0 saturated heterocycles. The molecule has 0 spiro atoms. The first-order chi connectivity index (χ1) is 8.33. The highest BCUT2D eigenvalue weighted by Gasteiger charge is 1.94. The van der Waals surface area contributed by atoms with Gasteiger partial charge in [0, 0.05) is 12.6 Å². The first kappa shape index (κ1) is 12.9. The topological polar surface area (TPSA) is 46.2 Å². The number of carbonyl (C=O) groups is 2. The SMILES string of the molecule is O=CC=CC=CC(=O)NCCc1ccccc1. The van der Waals surface area contributed by atoms with Crippen molar-refractivity contribution < 1.29 is 9.59 Å². The second-order valence-electron chi connectivity index (χ2n) is 3.41. The van der Waals surface area contributed by atoms with Crippen LogP contribution in [0, 0.1) is 0 Å². The highest BCUT2D eigenvalue weighted by atomic mass is 16.1. The number of carbonyl (C=O) groups excluding carboxylic acids is 2. The number of allylic oxidation sites excluding steroid dienone is 3. The van der Waals surface area contributed by atoms with Crippen molar-refractivity contribution in [2.24, 2.45) is 0 Å². The third-order valence-electron chi connectivity index (χ3n) is 2.10. The van der Waals surface area contributed by atoms with Gasteiger partial charge in [-0.1, -0.05) is 42.5 Å². The van der Waals surface area contributed by atoms with E-state index in [4.69, 9.17) is 0 Å². The monoisotopic (exact) mass is 229 g/mol. The first-order valence-electron chi connectivity index (χ1n) is 5.43. The standard InChI is InChI=1S/C14H15NO2/c16-12-6-2-5-9-14(17)15-11-10-13-7-3-1-4-8-13/h1-9,12H,10-11H2,(H,15,17). The van der Waals surface area contributed by atoms with Crippen LogP contribution in [0.25, 0.3) is 0 Å². The lowest BCUT2D eigenvalue weighted by Gasteiger charge is -2.01. The number of rotatable bonds is 6. The van der Waals surface area contributed by atoms with Crippen LogP contribution in [-0.2, 0) is 16.0 Å². The predicted octanol–water partition coefficient (Wildman–Crippen LogP) is 1.66. The van der Waals surface area contributed by atoms with Crippen molar-refractivity contribution in [2.75, 3.05) is 6.54 Å². The second kappa shape index (κ2) is 8.05. The van der Waals surface area contributed by atoms with Crippen LogP contribution in [0.2, 0.25) is 0 Å². The Kier molecular flexibility index (Phi) is 6.11. The Balaban J connectivity index is 2.23. The van der Waals surface area contributed by atoms with E-state index in [0.29, 0.717) is 12.8 Å². The Bertz CT molecular complexity index is 407. The Morgan fingerprint density at radius 3 is 2.59 bits per heavy atom. The summed E-state index contributed by atoms with van der Waals surface area (Å²) in [6.45, 7) is 0.602. The summed E-state index contributed by atoms with van der Waals surface area (Å²) in [7, 11) is 0. The highest BCUT2D eigenvalue weighted by molar-refractivity contribution is 5.87. The van der Waals surface area contributed by atoms with Gasteiger partial charge in [0.05, 0.1) is 0 Å². The second-order valence-corrected chi connectivity index (χ2v) is 3.41. The van der Waals surface area contributed by atoms with Crippen molar-refractivity contribution in [3.05, 3.63) is 60.2 Å². The maximum Gasteiger partial charge on any atom is 0.243 e. The molecular formula is C14H15NO2. The van der Waals surface area contributed by atoms with Crippen LogP contribution in [0.4, 0.5) is 0 Å². The van der Waals surface area contributed by atoms with Crippen LogP contribution in [0.3, 0.4) is 0 Å².